The lowest BCUT2D eigenvalue weighted by molar-refractivity contribution is -0.122. The maximum absolute atomic E-state index is 12.7. The molecule has 0 radical (unpaired) electrons. The molecule has 0 saturated carbocycles. The number of hydrogen-bond acceptors (Lipinski definition) is 5. The van der Waals surface area contributed by atoms with Crippen LogP contribution in [0.3, 0.4) is 0 Å². The van der Waals surface area contributed by atoms with Crippen molar-refractivity contribution in [3.05, 3.63) is 62.2 Å². The van der Waals surface area contributed by atoms with E-state index in [2.05, 4.69) is 5.32 Å². The summed E-state index contributed by atoms with van der Waals surface area (Å²) in [5.74, 6) is 0.852. The van der Waals surface area contributed by atoms with Crippen LogP contribution in [0.5, 0.6) is 11.5 Å². The molecule has 0 unspecified atom stereocenters. The van der Waals surface area contributed by atoms with E-state index in [4.69, 9.17) is 61.2 Å². The highest BCUT2D eigenvalue weighted by molar-refractivity contribution is 7.80. The van der Waals surface area contributed by atoms with Crippen LogP contribution in [0, 0.1) is 0 Å². The zero-order chi connectivity index (χ0) is 23.3. The molecule has 2 aromatic carbocycles. The summed E-state index contributed by atoms with van der Waals surface area (Å²) >= 11 is 23.5. The molecule has 0 aliphatic carbocycles. The highest BCUT2D eigenvalue weighted by atomic mass is 35.5. The number of methoxy groups -OCH3 is 2. The van der Waals surface area contributed by atoms with Crippen LogP contribution >= 0.6 is 47.0 Å². The minimum Gasteiger partial charge on any atom is -0.496 e. The fourth-order valence-electron chi connectivity index (χ4n) is 3.08. The lowest BCUT2D eigenvalue weighted by Crippen LogP contribution is -2.32. The molecule has 170 valence electrons. The number of nitrogens with zero attached hydrogens (tertiary/aromatic N) is 1. The number of halogens is 3. The Bertz CT molecular complexity index is 1060. The van der Waals surface area contributed by atoms with Gasteiger partial charge in [0.05, 0.1) is 22.2 Å². The van der Waals surface area contributed by atoms with Gasteiger partial charge < -0.3 is 19.5 Å². The van der Waals surface area contributed by atoms with Crippen molar-refractivity contribution in [2.75, 3.05) is 27.4 Å². The van der Waals surface area contributed by atoms with Crippen LogP contribution in [-0.2, 0) is 16.1 Å². The minimum atomic E-state index is -0.178. The molecule has 32 heavy (non-hydrogen) atoms. The van der Waals surface area contributed by atoms with Crippen molar-refractivity contribution in [2.24, 2.45) is 0 Å². The fourth-order valence-corrected chi connectivity index (χ4v) is 3.96. The fraction of sp³-hybridized carbons (Fsp3) is 0.273. The SMILES string of the molecule is COCCCN1C(=O)/C(=C\c2ccc(OC)c(COc3cc(Cl)c(Cl)cc3Cl)c2)NC1=S. The summed E-state index contributed by atoms with van der Waals surface area (Å²) in [6.45, 7) is 1.21. The van der Waals surface area contributed by atoms with Gasteiger partial charge in [0.1, 0.15) is 23.8 Å². The molecule has 1 aliphatic rings. The number of carbonyl (C=O) groups is 1. The largest absolute Gasteiger partial charge is 0.496 e. The predicted molar refractivity (Wildman–Crippen MR) is 131 cm³/mol. The second-order valence-electron chi connectivity index (χ2n) is 6.85. The van der Waals surface area contributed by atoms with Crippen LogP contribution in [0.1, 0.15) is 17.5 Å². The van der Waals surface area contributed by atoms with Crippen LogP contribution in [0.4, 0.5) is 0 Å². The van der Waals surface area contributed by atoms with Gasteiger partial charge in [-0.3, -0.25) is 9.69 Å². The second kappa shape index (κ2) is 11.2. The Labute approximate surface area is 207 Å². The van der Waals surface area contributed by atoms with Gasteiger partial charge in [0.25, 0.3) is 5.91 Å². The third-order valence-corrected chi connectivity index (χ3v) is 6.01. The maximum Gasteiger partial charge on any atom is 0.276 e. The number of carbonyl (C=O) groups excluding carboxylic acids is 1. The zero-order valence-electron chi connectivity index (χ0n) is 17.4. The Morgan fingerprint density at radius 1 is 1.06 bits per heavy atom. The standard InChI is InChI=1S/C22H21Cl3N2O4S/c1-29-7-3-6-27-21(28)18(26-22(27)32)9-13-4-5-19(30-2)14(8-13)12-31-20-11-16(24)15(23)10-17(20)25/h4-5,8-11H,3,6-7,12H2,1-2H3,(H,26,32)/b18-9+. The topological polar surface area (TPSA) is 60.0 Å². The van der Waals surface area contributed by atoms with Gasteiger partial charge in [0, 0.05) is 31.9 Å². The molecule has 0 bridgehead atoms. The van der Waals surface area contributed by atoms with Crippen molar-refractivity contribution in [1.29, 1.82) is 0 Å². The summed E-state index contributed by atoms with van der Waals surface area (Å²) in [7, 11) is 3.19. The molecule has 1 amide bonds. The average Bonchev–Trinajstić information content (AvgIpc) is 3.03. The smallest absolute Gasteiger partial charge is 0.276 e. The molecular formula is C22H21Cl3N2O4S. The van der Waals surface area contributed by atoms with Crippen LogP contribution in [-0.4, -0.2) is 43.3 Å². The van der Waals surface area contributed by atoms with E-state index in [1.807, 2.05) is 12.1 Å². The van der Waals surface area contributed by atoms with Crippen molar-refractivity contribution < 1.29 is 19.0 Å². The first-order valence-electron chi connectivity index (χ1n) is 9.61. The van der Waals surface area contributed by atoms with Gasteiger partial charge in [-0.05, 0) is 48.5 Å². The van der Waals surface area contributed by atoms with Crippen molar-refractivity contribution in [3.63, 3.8) is 0 Å². The van der Waals surface area contributed by atoms with E-state index in [-0.39, 0.29) is 12.5 Å². The van der Waals surface area contributed by atoms with Gasteiger partial charge in [-0.25, -0.2) is 0 Å². The molecule has 0 aromatic heterocycles. The zero-order valence-corrected chi connectivity index (χ0v) is 20.5. The van der Waals surface area contributed by atoms with Crippen molar-refractivity contribution in [2.45, 2.75) is 13.0 Å². The first-order valence-corrected chi connectivity index (χ1v) is 11.2. The van der Waals surface area contributed by atoms with Gasteiger partial charge >= 0.3 is 0 Å². The average molecular weight is 516 g/mol. The number of benzene rings is 2. The first kappa shape index (κ1) is 24.6. The molecule has 1 N–H and O–H groups in total. The quantitative estimate of drug-likeness (QED) is 0.211. The van der Waals surface area contributed by atoms with E-state index >= 15 is 0 Å². The van der Waals surface area contributed by atoms with Gasteiger partial charge in [-0.2, -0.15) is 0 Å². The van der Waals surface area contributed by atoms with Crippen molar-refractivity contribution >= 4 is 64.1 Å². The molecule has 1 saturated heterocycles. The lowest BCUT2D eigenvalue weighted by atomic mass is 10.1. The summed E-state index contributed by atoms with van der Waals surface area (Å²) in [5.41, 5.74) is 1.94. The molecule has 2 aromatic rings. The minimum absolute atomic E-state index is 0.167. The Balaban J connectivity index is 1.78. The van der Waals surface area contributed by atoms with Crippen molar-refractivity contribution in [1.82, 2.24) is 10.2 Å². The summed E-state index contributed by atoms with van der Waals surface area (Å²) < 4.78 is 16.3. The number of nitrogens with one attached hydrogen (secondary N) is 1. The molecule has 6 nitrogen and oxygen atoms in total. The Hall–Kier alpha value is -2.03. The van der Waals surface area contributed by atoms with E-state index < -0.39 is 0 Å². The maximum atomic E-state index is 12.7. The van der Waals surface area contributed by atoms with Crippen LogP contribution in [0.2, 0.25) is 15.1 Å². The van der Waals surface area contributed by atoms with Crippen LogP contribution in [0.25, 0.3) is 6.08 Å². The third kappa shape index (κ3) is 5.85. The predicted octanol–water partition coefficient (Wildman–Crippen LogP) is 5.33. The molecular weight excluding hydrogens is 495 g/mol. The summed E-state index contributed by atoms with van der Waals surface area (Å²) in [6, 6.07) is 8.59. The highest BCUT2D eigenvalue weighted by Gasteiger charge is 2.30. The van der Waals surface area contributed by atoms with Gasteiger partial charge in [0.2, 0.25) is 0 Å². The van der Waals surface area contributed by atoms with Gasteiger partial charge in [-0.15, -0.1) is 0 Å². The van der Waals surface area contributed by atoms with E-state index in [0.29, 0.717) is 56.9 Å². The summed E-state index contributed by atoms with van der Waals surface area (Å²) in [4.78, 5) is 14.2. The van der Waals surface area contributed by atoms with Gasteiger partial charge in [0.15, 0.2) is 5.11 Å². The number of amides is 1. The van der Waals surface area contributed by atoms with Crippen LogP contribution < -0.4 is 14.8 Å². The molecule has 10 heteroatoms. The third-order valence-electron chi connectivity index (χ3n) is 4.67. The Kier molecular flexibility index (Phi) is 8.62. The normalized spacial score (nSPS) is 14.8. The number of ether oxygens (including phenoxy) is 3. The van der Waals surface area contributed by atoms with E-state index in [1.54, 1.807) is 32.4 Å². The summed E-state index contributed by atoms with van der Waals surface area (Å²) in [5, 5.41) is 4.39. The molecule has 1 aliphatic heterocycles. The Morgan fingerprint density at radius 3 is 2.53 bits per heavy atom. The Morgan fingerprint density at radius 2 is 1.81 bits per heavy atom. The van der Waals surface area contributed by atoms with Gasteiger partial charge in [-0.1, -0.05) is 40.9 Å². The summed E-state index contributed by atoms with van der Waals surface area (Å²) in [6.07, 6.45) is 2.43. The number of rotatable bonds is 9. The molecule has 0 atom stereocenters. The molecule has 1 fully saturated rings. The van der Waals surface area contributed by atoms with E-state index in [0.717, 1.165) is 11.1 Å². The molecule has 0 spiro atoms. The molecule has 3 rings (SSSR count). The van der Waals surface area contributed by atoms with E-state index in [1.165, 1.54) is 11.0 Å². The number of thiocarbonyl (C=S) groups is 1. The first-order chi connectivity index (χ1) is 15.3. The monoisotopic (exact) mass is 514 g/mol. The highest BCUT2D eigenvalue weighted by Crippen LogP contribution is 2.35. The van der Waals surface area contributed by atoms with Crippen molar-refractivity contribution in [3.8, 4) is 11.5 Å². The van der Waals surface area contributed by atoms with E-state index in [9.17, 15) is 4.79 Å². The molecule has 1 heterocycles. The van der Waals surface area contributed by atoms with Crippen LogP contribution in [0.15, 0.2) is 36.0 Å². The second-order valence-corrected chi connectivity index (χ2v) is 8.46. The number of hydrogen-bond donors (Lipinski definition) is 1. The lowest BCUT2D eigenvalue weighted by Gasteiger charge is -2.13.